The highest BCUT2D eigenvalue weighted by atomic mass is 32.2. The average molecular weight is 625 g/mol. The Labute approximate surface area is 253 Å². The first kappa shape index (κ1) is 33.4. The SMILES string of the molecule is CCOC(=O)N=C(N)c1ccc(NC(=O)c2ccccc2-c2ccc(C(=O)NCC(C)C)c(CS(=O)(=O)O)c2C(=O)O)cc1. The van der Waals surface area contributed by atoms with Crippen molar-refractivity contribution in [3.63, 3.8) is 0 Å². The molecule has 3 aromatic carbocycles. The number of hydrogen-bond acceptors (Lipinski definition) is 7. The van der Waals surface area contributed by atoms with Gasteiger partial charge in [-0.15, -0.1) is 0 Å². The molecule has 0 bridgehead atoms. The third kappa shape index (κ3) is 8.72. The van der Waals surface area contributed by atoms with Gasteiger partial charge in [-0.2, -0.15) is 13.4 Å². The zero-order valence-electron chi connectivity index (χ0n) is 24.2. The molecular formula is C30H32N4O9S. The number of nitrogens with two attached hydrogens (primary N) is 1. The van der Waals surface area contributed by atoms with Crippen LogP contribution in [0.15, 0.2) is 65.7 Å². The molecule has 0 aliphatic heterocycles. The second-order valence-corrected chi connectivity index (χ2v) is 11.4. The predicted octanol–water partition coefficient (Wildman–Crippen LogP) is 3.94. The topological polar surface area (TPSA) is 215 Å². The Morgan fingerprint density at radius 3 is 2.18 bits per heavy atom. The molecular weight excluding hydrogens is 592 g/mol. The van der Waals surface area contributed by atoms with Gasteiger partial charge >= 0.3 is 12.1 Å². The van der Waals surface area contributed by atoms with Crippen LogP contribution < -0.4 is 16.4 Å². The molecule has 0 saturated carbocycles. The van der Waals surface area contributed by atoms with E-state index in [4.69, 9.17) is 10.5 Å². The number of benzene rings is 3. The first-order chi connectivity index (χ1) is 20.7. The number of carbonyl (C=O) groups is 4. The molecule has 0 aliphatic carbocycles. The lowest BCUT2D eigenvalue weighted by Gasteiger charge is -2.18. The third-order valence-corrected chi connectivity index (χ3v) is 6.80. The average Bonchev–Trinajstić information content (AvgIpc) is 2.95. The Morgan fingerprint density at radius 1 is 0.932 bits per heavy atom. The second-order valence-electron chi connectivity index (χ2n) is 9.92. The number of ether oxygens (including phenoxy) is 1. The maximum Gasteiger partial charge on any atom is 0.435 e. The summed E-state index contributed by atoms with van der Waals surface area (Å²) in [6.07, 6.45) is -0.844. The van der Waals surface area contributed by atoms with Crippen molar-refractivity contribution in [3.8, 4) is 11.1 Å². The number of nitrogens with one attached hydrogen (secondary N) is 2. The van der Waals surface area contributed by atoms with Crippen LogP contribution >= 0.6 is 0 Å². The van der Waals surface area contributed by atoms with Crippen LogP contribution in [0.2, 0.25) is 0 Å². The fourth-order valence-electron chi connectivity index (χ4n) is 4.21. The number of carbonyl (C=O) groups excluding carboxylic acids is 3. The van der Waals surface area contributed by atoms with Crippen molar-refractivity contribution in [3.05, 3.63) is 88.5 Å². The number of aliphatic imine (C=N–C) groups is 1. The van der Waals surface area contributed by atoms with E-state index in [-0.39, 0.29) is 47.2 Å². The van der Waals surface area contributed by atoms with Crippen molar-refractivity contribution in [2.45, 2.75) is 26.5 Å². The molecule has 3 amide bonds. The number of amidine groups is 1. The molecule has 0 atom stereocenters. The number of nitrogens with zero attached hydrogens (tertiary/aromatic N) is 1. The van der Waals surface area contributed by atoms with Gasteiger partial charge in [-0.25, -0.2) is 9.59 Å². The largest absolute Gasteiger partial charge is 0.478 e. The van der Waals surface area contributed by atoms with E-state index in [1.807, 2.05) is 13.8 Å². The van der Waals surface area contributed by atoms with Crippen LogP contribution in [-0.2, 0) is 20.6 Å². The van der Waals surface area contributed by atoms with E-state index >= 15 is 0 Å². The summed E-state index contributed by atoms with van der Waals surface area (Å²) < 4.78 is 38.2. The molecule has 0 fully saturated rings. The zero-order valence-corrected chi connectivity index (χ0v) is 25.0. The Balaban J connectivity index is 2.04. The summed E-state index contributed by atoms with van der Waals surface area (Å²) in [4.78, 5) is 54.1. The van der Waals surface area contributed by atoms with Gasteiger partial charge in [0.2, 0.25) is 0 Å². The molecule has 3 aromatic rings. The zero-order chi connectivity index (χ0) is 32.6. The highest BCUT2D eigenvalue weighted by molar-refractivity contribution is 7.85. The highest BCUT2D eigenvalue weighted by Crippen LogP contribution is 2.33. The van der Waals surface area contributed by atoms with Gasteiger partial charge in [0.25, 0.3) is 21.9 Å². The van der Waals surface area contributed by atoms with Gasteiger partial charge in [0.15, 0.2) is 0 Å². The fourth-order valence-corrected chi connectivity index (χ4v) is 4.88. The van der Waals surface area contributed by atoms with E-state index in [1.165, 1.54) is 48.5 Å². The van der Waals surface area contributed by atoms with E-state index in [1.54, 1.807) is 19.1 Å². The molecule has 0 aliphatic rings. The van der Waals surface area contributed by atoms with E-state index < -0.39 is 50.9 Å². The summed E-state index contributed by atoms with van der Waals surface area (Å²) in [6.45, 7) is 5.69. The number of hydrogen-bond donors (Lipinski definition) is 5. The summed E-state index contributed by atoms with van der Waals surface area (Å²) in [5.74, 6) is -4.09. The van der Waals surface area contributed by atoms with Crippen molar-refractivity contribution >= 4 is 45.5 Å². The Bertz CT molecular complexity index is 1720. The van der Waals surface area contributed by atoms with Gasteiger partial charge < -0.3 is 26.2 Å². The van der Waals surface area contributed by atoms with Crippen LogP contribution in [-0.4, -0.2) is 60.9 Å². The summed E-state index contributed by atoms with van der Waals surface area (Å²) in [5, 5.41) is 15.5. The van der Waals surface area contributed by atoms with Crippen molar-refractivity contribution < 1.29 is 42.0 Å². The maximum atomic E-state index is 13.4. The van der Waals surface area contributed by atoms with Gasteiger partial charge in [0.1, 0.15) is 11.6 Å². The number of carboxylic acid groups (broad SMARTS) is 1. The minimum Gasteiger partial charge on any atom is -0.478 e. The lowest BCUT2D eigenvalue weighted by atomic mass is 9.89. The van der Waals surface area contributed by atoms with Gasteiger partial charge in [-0.3, -0.25) is 14.1 Å². The Morgan fingerprint density at radius 2 is 1.59 bits per heavy atom. The normalized spacial score (nSPS) is 11.6. The number of carboxylic acids is 1. The quantitative estimate of drug-likeness (QED) is 0.118. The monoisotopic (exact) mass is 624 g/mol. The van der Waals surface area contributed by atoms with Crippen LogP contribution in [0.1, 0.15) is 63.0 Å². The summed E-state index contributed by atoms with van der Waals surface area (Å²) in [7, 11) is -4.77. The Kier molecular flexibility index (Phi) is 10.9. The predicted molar refractivity (Wildman–Crippen MR) is 163 cm³/mol. The number of amides is 3. The summed E-state index contributed by atoms with van der Waals surface area (Å²) in [5.41, 5.74) is 5.48. The molecule has 0 spiro atoms. The first-order valence-electron chi connectivity index (χ1n) is 13.4. The smallest absolute Gasteiger partial charge is 0.435 e. The van der Waals surface area contributed by atoms with Crippen LogP contribution in [0.25, 0.3) is 11.1 Å². The first-order valence-corrected chi connectivity index (χ1v) is 15.0. The third-order valence-electron chi connectivity index (χ3n) is 6.15. The molecule has 0 unspecified atom stereocenters. The van der Waals surface area contributed by atoms with Crippen LogP contribution in [0.3, 0.4) is 0 Å². The number of aromatic carboxylic acids is 1. The summed E-state index contributed by atoms with van der Waals surface area (Å²) in [6, 6.07) is 14.7. The molecule has 3 rings (SSSR count). The van der Waals surface area contributed by atoms with Crippen LogP contribution in [0.5, 0.6) is 0 Å². The van der Waals surface area contributed by atoms with E-state index in [2.05, 4.69) is 15.6 Å². The van der Waals surface area contributed by atoms with Crippen molar-refractivity contribution in [2.75, 3.05) is 18.5 Å². The standard InChI is InChI=1S/C30H32N4O9S/c1-4-43-30(39)34-26(31)18-9-11-19(12-10-18)33-28(36)22-8-6-5-7-20(22)21-13-14-23(27(35)32-15-17(2)3)24(16-44(40,41)42)25(21)29(37)38/h5-14,17H,4,15-16H2,1-3H3,(H,32,35)(H,33,36)(H,37,38)(H2,31,34,39)(H,40,41,42). The molecule has 14 heteroatoms. The van der Waals surface area contributed by atoms with Crippen molar-refractivity contribution in [1.29, 1.82) is 0 Å². The molecule has 0 radical (unpaired) electrons. The van der Waals surface area contributed by atoms with Crippen LogP contribution in [0.4, 0.5) is 10.5 Å². The molecule has 44 heavy (non-hydrogen) atoms. The second kappa shape index (κ2) is 14.4. The van der Waals surface area contributed by atoms with E-state index in [0.29, 0.717) is 11.3 Å². The molecule has 13 nitrogen and oxygen atoms in total. The van der Waals surface area contributed by atoms with E-state index in [0.717, 1.165) is 0 Å². The van der Waals surface area contributed by atoms with Gasteiger partial charge in [0.05, 0.1) is 12.2 Å². The van der Waals surface area contributed by atoms with Crippen molar-refractivity contribution in [1.82, 2.24) is 5.32 Å². The Hall–Kier alpha value is -5.08. The van der Waals surface area contributed by atoms with Gasteiger partial charge in [-0.1, -0.05) is 38.1 Å². The minimum absolute atomic E-state index is 0.0391. The highest BCUT2D eigenvalue weighted by Gasteiger charge is 2.28. The minimum atomic E-state index is -4.77. The lowest BCUT2D eigenvalue weighted by molar-refractivity contribution is 0.0696. The molecule has 0 saturated heterocycles. The molecule has 0 heterocycles. The summed E-state index contributed by atoms with van der Waals surface area (Å²) >= 11 is 0. The molecule has 232 valence electrons. The molecule has 6 N–H and O–H groups in total. The van der Waals surface area contributed by atoms with Crippen LogP contribution in [0, 0.1) is 5.92 Å². The maximum absolute atomic E-state index is 13.4. The van der Waals surface area contributed by atoms with Gasteiger partial charge in [0, 0.05) is 28.9 Å². The lowest BCUT2D eigenvalue weighted by Crippen LogP contribution is -2.29. The van der Waals surface area contributed by atoms with Gasteiger partial charge in [-0.05, 0) is 65.9 Å². The van der Waals surface area contributed by atoms with E-state index in [9.17, 15) is 37.3 Å². The fraction of sp³-hybridized carbons (Fsp3) is 0.233. The number of rotatable bonds is 11. The number of anilines is 1. The molecule has 0 aromatic heterocycles. The van der Waals surface area contributed by atoms with Crippen molar-refractivity contribution in [2.24, 2.45) is 16.6 Å².